The summed E-state index contributed by atoms with van der Waals surface area (Å²) >= 11 is 0. The molecule has 0 aromatic carbocycles. The second-order valence-electron chi connectivity index (χ2n) is 2.18. The van der Waals surface area contributed by atoms with E-state index in [-0.39, 0.29) is 5.82 Å². The van der Waals surface area contributed by atoms with Gasteiger partial charge in [0.15, 0.2) is 5.65 Å². The van der Waals surface area contributed by atoms with Crippen LogP contribution < -0.4 is 0 Å². The van der Waals surface area contributed by atoms with E-state index in [1.807, 2.05) is 0 Å². The van der Waals surface area contributed by atoms with Gasteiger partial charge in [0.2, 0.25) is 0 Å². The molecule has 6 heteroatoms. The molecule has 0 aliphatic heterocycles. The van der Waals surface area contributed by atoms with Crippen molar-refractivity contribution in [2.24, 2.45) is 0 Å². The molecule has 2 aromatic rings. The second kappa shape index (κ2) is 2.26. The summed E-state index contributed by atoms with van der Waals surface area (Å²) in [6.45, 7) is 0. The van der Waals surface area contributed by atoms with E-state index < -0.39 is 4.92 Å². The van der Waals surface area contributed by atoms with E-state index in [0.717, 1.165) is 0 Å². The van der Waals surface area contributed by atoms with E-state index >= 15 is 0 Å². The van der Waals surface area contributed by atoms with Crippen molar-refractivity contribution in [1.29, 1.82) is 0 Å². The number of rotatable bonds is 1. The molecule has 0 amide bonds. The fourth-order valence-corrected chi connectivity index (χ4v) is 0.902. The zero-order valence-electron chi connectivity index (χ0n) is 5.91. The predicted molar refractivity (Wildman–Crippen MR) is 39.6 cm³/mol. The van der Waals surface area contributed by atoms with Gasteiger partial charge in [0.1, 0.15) is 0 Å². The highest BCUT2D eigenvalue weighted by molar-refractivity contribution is 5.38. The molecule has 0 fully saturated rings. The van der Waals surface area contributed by atoms with Crippen LogP contribution in [0.4, 0.5) is 5.82 Å². The third kappa shape index (κ3) is 0.895. The van der Waals surface area contributed by atoms with Gasteiger partial charge in [-0.05, 0) is 11.0 Å². The minimum atomic E-state index is -0.542. The first-order valence-corrected chi connectivity index (χ1v) is 3.22. The normalized spacial score (nSPS) is 10.3. The van der Waals surface area contributed by atoms with Crippen LogP contribution in [-0.2, 0) is 0 Å². The fourth-order valence-electron chi connectivity index (χ4n) is 0.902. The number of nitro groups is 1. The fraction of sp³-hybridized carbons (Fsp3) is 0. The number of fused-ring (bicyclic) bond motifs is 1. The third-order valence-corrected chi connectivity index (χ3v) is 1.43. The van der Waals surface area contributed by atoms with Crippen LogP contribution in [0, 0.1) is 10.1 Å². The Labute approximate surface area is 66.6 Å². The lowest BCUT2D eigenvalue weighted by Gasteiger charge is -1.89. The molecule has 0 aliphatic rings. The Kier molecular flexibility index (Phi) is 1.26. The molecule has 12 heavy (non-hydrogen) atoms. The summed E-state index contributed by atoms with van der Waals surface area (Å²) < 4.78 is 1.36. The first-order chi connectivity index (χ1) is 5.77. The summed E-state index contributed by atoms with van der Waals surface area (Å²) in [6.07, 6.45) is 3.09. The average Bonchev–Trinajstić information content (AvgIpc) is 2.49. The number of hydrogen-bond acceptors (Lipinski definition) is 4. The standard InChI is InChI=1S/C6H4N4O2/c11-10(12)6-2-1-5-7-3-4-9(5)8-6/h1-4H. The smallest absolute Gasteiger partial charge is 0.358 e. The van der Waals surface area contributed by atoms with E-state index in [4.69, 9.17) is 0 Å². The Morgan fingerprint density at radius 1 is 1.50 bits per heavy atom. The van der Waals surface area contributed by atoms with E-state index in [9.17, 15) is 10.1 Å². The first-order valence-electron chi connectivity index (χ1n) is 3.22. The molecule has 2 aromatic heterocycles. The highest BCUT2D eigenvalue weighted by atomic mass is 16.6. The van der Waals surface area contributed by atoms with Crippen LogP contribution in [0.5, 0.6) is 0 Å². The number of aromatic nitrogens is 3. The lowest BCUT2D eigenvalue weighted by molar-refractivity contribution is -0.390. The second-order valence-corrected chi connectivity index (χ2v) is 2.18. The summed E-state index contributed by atoms with van der Waals surface area (Å²) in [4.78, 5) is 13.6. The summed E-state index contributed by atoms with van der Waals surface area (Å²) in [5.74, 6) is -0.180. The van der Waals surface area contributed by atoms with Gasteiger partial charge in [-0.25, -0.2) is 4.98 Å². The molecular formula is C6H4N4O2. The lowest BCUT2D eigenvalue weighted by atomic mass is 10.5. The van der Waals surface area contributed by atoms with Crippen molar-refractivity contribution in [3.05, 3.63) is 34.6 Å². The molecule has 60 valence electrons. The highest BCUT2D eigenvalue weighted by Crippen LogP contribution is 2.06. The Balaban J connectivity index is 2.68. The van der Waals surface area contributed by atoms with Gasteiger partial charge in [-0.3, -0.25) is 0 Å². The van der Waals surface area contributed by atoms with Gasteiger partial charge in [0.05, 0.1) is 11.3 Å². The van der Waals surface area contributed by atoms with Crippen molar-refractivity contribution in [1.82, 2.24) is 14.6 Å². The van der Waals surface area contributed by atoms with Crippen LogP contribution in [0.25, 0.3) is 5.65 Å². The van der Waals surface area contributed by atoms with Crippen molar-refractivity contribution in [3.8, 4) is 0 Å². The van der Waals surface area contributed by atoms with Crippen molar-refractivity contribution in [3.63, 3.8) is 0 Å². The first kappa shape index (κ1) is 6.71. The van der Waals surface area contributed by atoms with Gasteiger partial charge in [-0.15, -0.1) is 4.52 Å². The Morgan fingerprint density at radius 3 is 3.08 bits per heavy atom. The van der Waals surface area contributed by atoms with Crippen molar-refractivity contribution in [2.45, 2.75) is 0 Å². The monoisotopic (exact) mass is 164 g/mol. The maximum atomic E-state index is 10.3. The van der Waals surface area contributed by atoms with E-state index in [1.54, 1.807) is 12.3 Å². The summed E-state index contributed by atoms with van der Waals surface area (Å²) in [5.41, 5.74) is 0.598. The van der Waals surface area contributed by atoms with Crippen LogP contribution in [0.3, 0.4) is 0 Å². The maximum Gasteiger partial charge on any atom is 0.388 e. The number of nitrogens with zero attached hydrogens (tertiary/aromatic N) is 4. The Bertz CT molecular complexity index is 436. The SMILES string of the molecule is O=[N+]([O-])c1ccc2nccn2n1. The zero-order valence-corrected chi connectivity index (χ0v) is 5.91. The van der Waals surface area contributed by atoms with Crippen molar-refractivity contribution >= 4 is 11.5 Å². The predicted octanol–water partition coefficient (Wildman–Crippen LogP) is 0.637. The van der Waals surface area contributed by atoms with Crippen LogP contribution in [-0.4, -0.2) is 19.5 Å². The molecule has 2 heterocycles. The van der Waals surface area contributed by atoms with Gasteiger partial charge >= 0.3 is 5.82 Å². The van der Waals surface area contributed by atoms with Crippen LogP contribution >= 0.6 is 0 Å². The summed E-state index contributed by atoms with van der Waals surface area (Å²) in [6, 6.07) is 2.87. The Hall–Kier alpha value is -1.98. The molecule has 6 nitrogen and oxygen atoms in total. The van der Waals surface area contributed by atoms with Gasteiger partial charge in [-0.2, -0.15) is 0 Å². The average molecular weight is 164 g/mol. The molecule has 0 N–H and O–H groups in total. The minimum absolute atomic E-state index is 0.180. The van der Waals surface area contributed by atoms with Gasteiger partial charge in [-0.1, -0.05) is 0 Å². The van der Waals surface area contributed by atoms with Gasteiger partial charge in [0, 0.05) is 12.3 Å². The molecular weight excluding hydrogens is 160 g/mol. The van der Waals surface area contributed by atoms with Crippen LogP contribution in [0.15, 0.2) is 24.5 Å². The maximum absolute atomic E-state index is 10.3. The molecule has 0 aliphatic carbocycles. The molecule has 0 saturated carbocycles. The quantitative estimate of drug-likeness (QED) is 0.457. The van der Waals surface area contributed by atoms with Gasteiger partial charge in [0.25, 0.3) is 0 Å². The van der Waals surface area contributed by atoms with Crippen molar-refractivity contribution < 1.29 is 4.92 Å². The molecule has 2 rings (SSSR count). The summed E-state index contributed by atoms with van der Waals surface area (Å²) in [5, 5.41) is 14.0. The van der Waals surface area contributed by atoms with Crippen LogP contribution in [0.1, 0.15) is 0 Å². The highest BCUT2D eigenvalue weighted by Gasteiger charge is 2.08. The van der Waals surface area contributed by atoms with E-state index in [0.29, 0.717) is 5.65 Å². The third-order valence-electron chi connectivity index (χ3n) is 1.43. The molecule has 0 spiro atoms. The van der Waals surface area contributed by atoms with E-state index in [1.165, 1.54) is 16.8 Å². The van der Waals surface area contributed by atoms with Crippen LogP contribution in [0.2, 0.25) is 0 Å². The lowest BCUT2D eigenvalue weighted by Crippen LogP contribution is -1.96. The molecule has 0 radical (unpaired) electrons. The topological polar surface area (TPSA) is 73.3 Å². The molecule has 0 atom stereocenters. The van der Waals surface area contributed by atoms with Gasteiger partial charge < -0.3 is 10.1 Å². The minimum Gasteiger partial charge on any atom is -0.358 e. The molecule has 0 unspecified atom stereocenters. The van der Waals surface area contributed by atoms with E-state index in [2.05, 4.69) is 10.1 Å². The zero-order chi connectivity index (χ0) is 8.55. The number of hydrogen-bond donors (Lipinski definition) is 0. The molecule has 0 bridgehead atoms. The number of imidazole rings is 1. The van der Waals surface area contributed by atoms with Crippen molar-refractivity contribution in [2.75, 3.05) is 0 Å². The summed E-state index contributed by atoms with van der Waals surface area (Å²) in [7, 11) is 0. The Morgan fingerprint density at radius 2 is 2.33 bits per heavy atom. The molecule has 0 saturated heterocycles. The largest absolute Gasteiger partial charge is 0.388 e.